The van der Waals surface area contributed by atoms with Crippen molar-refractivity contribution in [2.45, 2.75) is 12.2 Å². The second kappa shape index (κ2) is 9.89. The molecule has 0 unspecified atom stereocenters. The standard InChI is InChI=1S/C25H22N2O3S2/c28-24(18-32(29,30)17-21-9-5-2-6-10-21)27-25-26-23(16-31-25)22-13-11-20(12-14-22)15-19-7-3-1-4-8-19/h1-14,16H,15,17-18H2,(H,26,27,28). The van der Waals surface area contributed by atoms with E-state index < -0.39 is 21.5 Å². The van der Waals surface area contributed by atoms with E-state index >= 15 is 0 Å². The molecule has 0 bridgehead atoms. The number of rotatable bonds is 8. The second-order valence-corrected chi connectivity index (χ2v) is 10.4. The van der Waals surface area contributed by atoms with Crippen LogP contribution in [0.25, 0.3) is 11.3 Å². The number of nitrogens with one attached hydrogen (secondary N) is 1. The highest BCUT2D eigenvalue weighted by Crippen LogP contribution is 2.25. The Hall–Kier alpha value is -3.29. The van der Waals surface area contributed by atoms with E-state index in [2.05, 4.69) is 34.6 Å². The van der Waals surface area contributed by atoms with Crippen molar-refractivity contribution in [3.05, 3.63) is 107 Å². The van der Waals surface area contributed by atoms with Gasteiger partial charge in [0.2, 0.25) is 5.91 Å². The largest absolute Gasteiger partial charge is 0.301 e. The Labute approximate surface area is 191 Å². The van der Waals surface area contributed by atoms with Gasteiger partial charge in [-0.1, -0.05) is 84.9 Å². The van der Waals surface area contributed by atoms with Gasteiger partial charge in [0.25, 0.3) is 0 Å². The summed E-state index contributed by atoms with van der Waals surface area (Å²) < 4.78 is 24.6. The number of carbonyl (C=O) groups is 1. The number of hydrogen-bond donors (Lipinski definition) is 1. The van der Waals surface area contributed by atoms with Crippen LogP contribution in [0.15, 0.2) is 90.3 Å². The molecule has 4 aromatic rings. The third-order valence-corrected chi connectivity index (χ3v) is 7.06. The van der Waals surface area contributed by atoms with Crippen molar-refractivity contribution in [1.82, 2.24) is 4.98 Å². The Morgan fingerprint density at radius 1 is 0.812 bits per heavy atom. The van der Waals surface area contributed by atoms with E-state index in [1.807, 2.05) is 41.8 Å². The summed E-state index contributed by atoms with van der Waals surface area (Å²) >= 11 is 1.27. The SMILES string of the molecule is O=C(CS(=O)(=O)Cc1ccccc1)Nc1nc(-c2ccc(Cc3ccccc3)cc2)cs1. The molecule has 0 atom stereocenters. The molecule has 0 aliphatic heterocycles. The molecular weight excluding hydrogens is 440 g/mol. The zero-order chi connectivity index (χ0) is 22.4. The van der Waals surface area contributed by atoms with Crippen molar-refractivity contribution in [2.75, 3.05) is 11.1 Å². The Morgan fingerprint density at radius 2 is 1.41 bits per heavy atom. The first kappa shape index (κ1) is 21.9. The van der Waals surface area contributed by atoms with Crippen LogP contribution in [-0.2, 0) is 26.8 Å². The maximum Gasteiger partial charge on any atom is 0.241 e. The Kier molecular flexibility index (Phi) is 6.78. The monoisotopic (exact) mass is 462 g/mol. The van der Waals surface area contributed by atoms with E-state index in [4.69, 9.17) is 0 Å². The fraction of sp³-hybridized carbons (Fsp3) is 0.120. The average Bonchev–Trinajstić information content (AvgIpc) is 3.23. The molecule has 1 N–H and O–H groups in total. The van der Waals surface area contributed by atoms with Crippen LogP contribution in [0, 0.1) is 0 Å². The molecule has 7 heteroatoms. The van der Waals surface area contributed by atoms with Gasteiger partial charge in [-0.2, -0.15) is 0 Å². The molecule has 0 saturated heterocycles. The van der Waals surface area contributed by atoms with Gasteiger partial charge in [-0.25, -0.2) is 13.4 Å². The van der Waals surface area contributed by atoms with Crippen LogP contribution in [0.3, 0.4) is 0 Å². The van der Waals surface area contributed by atoms with Crippen LogP contribution in [0.4, 0.5) is 5.13 Å². The number of amides is 1. The summed E-state index contributed by atoms with van der Waals surface area (Å²) in [6, 6.07) is 27.2. The highest BCUT2D eigenvalue weighted by atomic mass is 32.2. The lowest BCUT2D eigenvalue weighted by atomic mass is 10.0. The number of hydrogen-bond acceptors (Lipinski definition) is 5. The molecular formula is C25H22N2O3S2. The van der Waals surface area contributed by atoms with Gasteiger partial charge < -0.3 is 5.32 Å². The summed E-state index contributed by atoms with van der Waals surface area (Å²) in [6.45, 7) is 0. The smallest absolute Gasteiger partial charge is 0.241 e. The summed E-state index contributed by atoms with van der Waals surface area (Å²) in [5.74, 6) is -1.33. The van der Waals surface area contributed by atoms with Gasteiger partial charge >= 0.3 is 0 Å². The maximum absolute atomic E-state index is 12.3. The lowest BCUT2D eigenvalue weighted by Crippen LogP contribution is -2.23. The molecule has 1 heterocycles. The number of thiazole rings is 1. The maximum atomic E-state index is 12.3. The molecule has 32 heavy (non-hydrogen) atoms. The molecule has 4 rings (SSSR count). The normalized spacial score (nSPS) is 11.2. The van der Waals surface area contributed by atoms with Crippen LogP contribution < -0.4 is 5.32 Å². The number of nitrogens with zero attached hydrogens (tertiary/aromatic N) is 1. The van der Waals surface area contributed by atoms with Crippen molar-refractivity contribution >= 4 is 32.2 Å². The molecule has 0 spiro atoms. The number of aromatic nitrogens is 1. The van der Waals surface area contributed by atoms with Gasteiger partial charge in [-0.15, -0.1) is 11.3 Å². The second-order valence-electron chi connectivity index (χ2n) is 7.46. The van der Waals surface area contributed by atoms with Crippen molar-refractivity contribution in [2.24, 2.45) is 0 Å². The third kappa shape index (κ3) is 6.12. The van der Waals surface area contributed by atoms with Crippen molar-refractivity contribution in [1.29, 1.82) is 0 Å². The zero-order valence-corrected chi connectivity index (χ0v) is 18.9. The minimum absolute atomic E-state index is 0.167. The van der Waals surface area contributed by atoms with Crippen LogP contribution in [0.1, 0.15) is 16.7 Å². The molecule has 0 saturated carbocycles. The van der Waals surface area contributed by atoms with Crippen molar-refractivity contribution in [3.8, 4) is 11.3 Å². The summed E-state index contributed by atoms with van der Waals surface area (Å²) in [5, 5.41) is 4.84. The predicted molar refractivity (Wildman–Crippen MR) is 129 cm³/mol. The van der Waals surface area contributed by atoms with Crippen molar-refractivity contribution in [3.63, 3.8) is 0 Å². The molecule has 0 fully saturated rings. The molecule has 1 amide bonds. The molecule has 3 aromatic carbocycles. The summed E-state index contributed by atoms with van der Waals surface area (Å²) in [5.41, 5.74) is 4.79. The third-order valence-electron chi connectivity index (χ3n) is 4.83. The summed E-state index contributed by atoms with van der Waals surface area (Å²) in [6.07, 6.45) is 0.858. The fourth-order valence-corrected chi connectivity index (χ4v) is 5.33. The molecule has 1 aromatic heterocycles. The highest BCUT2D eigenvalue weighted by molar-refractivity contribution is 7.91. The van der Waals surface area contributed by atoms with Gasteiger partial charge in [-0.05, 0) is 23.1 Å². The van der Waals surface area contributed by atoms with Gasteiger partial charge in [0.15, 0.2) is 15.0 Å². The Bertz CT molecular complexity index is 1280. The topological polar surface area (TPSA) is 76.1 Å². The highest BCUT2D eigenvalue weighted by Gasteiger charge is 2.18. The van der Waals surface area contributed by atoms with Crippen LogP contribution in [-0.4, -0.2) is 25.1 Å². The first-order chi connectivity index (χ1) is 15.5. The van der Waals surface area contributed by atoms with E-state index in [1.165, 1.54) is 22.5 Å². The summed E-state index contributed by atoms with van der Waals surface area (Å²) in [7, 11) is -3.57. The number of benzene rings is 3. The summed E-state index contributed by atoms with van der Waals surface area (Å²) in [4.78, 5) is 16.7. The number of anilines is 1. The van der Waals surface area contributed by atoms with Gasteiger partial charge in [0.05, 0.1) is 11.4 Å². The van der Waals surface area contributed by atoms with Crippen LogP contribution in [0.2, 0.25) is 0 Å². The molecule has 5 nitrogen and oxygen atoms in total. The van der Waals surface area contributed by atoms with Gasteiger partial charge in [0, 0.05) is 10.9 Å². The van der Waals surface area contributed by atoms with Crippen molar-refractivity contribution < 1.29 is 13.2 Å². The zero-order valence-electron chi connectivity index (χ0n) is 17.3. The van der Waals surface area contributed by atoms with E-state index in [0.717, 1.165) is 17.7 Å². The number of carbonyl (C=O) groups excluding carboxylic acids is 1. The fourth-order valence-electron chi connectivity index (χ4n) is 3.32. The van der Waals surface area contributed by atoms with E-state index in [1.54, 1.807) is 24.3 Å². The molecule has 0 aliphatic rings. The minimum Gasteiger partial charge on any atom is -0.301 e. The lowest BCUT2D eigenvalue weighted by molar-refractivity contribution is -0.113. The van der Waals surface area contributed by atoms with Gasteiger partial charge in [-0.3, -0.25) is 4.79 Å². The molecule has 0 aliphatic carbocycles. The first-order valence-corrected chi connectivity index (χ1v) is 12.8. The average molecular weight is 463 g/mol. The Balaban J connectivity index is 1.35. The quantitative estimate of drug-likeness (QED) is 0.402. The lowest BCUT2D eigenvalue weighted by Gasteiger charge is -2.05. The molecule has 162 valence electrons. The minimum atomic E-state index is -3.57. The van der Waals surface area contributed by atoms with Crippen LogP contribution in [0.5, 0.6) is 0 Å². The predicted octanol–water partition coefficient (Wildman–Crippen LogP) is 4.95. The number of sulfone groups is 1. The van der Waals surface area contributed by atoms with Gasteiger partial charge in [0.1, 0.15) is 5.75 Å². The van der Waals surface area contributed by atoms with E-state index in [-0.39, 0.29) is 5.75 Å². The van der Waals surface area contributed by atoms with E-state index in [9.17, 15) is 13.2 Å². The van der Waals surface area contributed by atoms with E-state index in [0.29, 0.717) is 10.7 Å². The Morgan fingerprint density at radius 3 is 2.06 bits per heavy atom. The molecule has 0 radical (unpaired) electrons. The van der Waals surface area contributed by atoms with Crippen LogP contribution >= 0.6 is 11.3 Å². The first-order valence-electron chi connectivity index (χ1n) is 10.1.